The van der Waals surface area contributed by atoms with Crippen molar-refractivity contribution in [2.24, 2.45) is 5.92 Å². The molecule has 1 saturated heterocycles. The van der Waals surface area contributed by atoms with E-state index in [1.807, 2.05) is 51.1 Å². The summed E-state index contributed by atoms with van der Waals surface area (Å²) in [6.45, 7) is 8.24. The summed E-state index contributed by atoms with van der Waals surface area (Å²) in [7, 11) is 2.18. The van der Waals surface area contributed by atoms with E-state index in [0.29, 0.717) is 17.1 Å². The number of rotatable bonds is 4. The van der Waals surface area contributed by atoms with Gasteiger partial charge in [0.25, 0.3) is 0 Å². The van der Waals surface area contributed by atoms with E-state index in [0.717, 1.165) is 30.6 Å². The highest BCUT2D eigenvalue weighted by Gasteiger charge is 2.29. The molecule has 158 valence electrons. The molecule has 0 saturated carbocycles. The normalized spacial score (nSPS) is 19.0. The van der Waals surface area contributed by atoms with Gasteiger partial charge in [-0.15, -0.1) is 0 Å². The first kappa shape index (κ1) is 20.7. The molecule has 2 atom stereocenters. The zero-order valence-electron chi connectivity index (χ0n) is 18.4. The molecule has 1 aliphatic rings. The Morgan fingerprint density at radius 2 is 1.87 bits per heavy atom. The summed E-state index contributed by atoms with van der Waals surface area (Å²) in [5, 5.41) is 0.893. The van der Waals surface area contributed by atoms with E-state index in [2.05, 4.69) is 36.2 Å². The number of benzene rings is 2. The van der Waals surface area contributed by atoms with Crippen LogP contribution in [0.15, 0.2) is 63.8 Å². The molecule has 30 heavy (non-hydrogen) atoms. The van der Waals surface area contributed by atoms with Crippen molar-refractivity contribution in [3.63, 3.8) is 0 Å². The van der Waals surface area contributed by atoms with Crippen molar-refractivity contribution < 1.29 is 9.15 Å². The third-order valence-electron chi connectivity index (χ3n) is 5.99. The maximum Gasteiger partial charge on any atom is 0.339 e. The Morgan fingerprint density at radius 3 is 2.57 bits per heavy atom. The predicted molar refractivity (Wildman–Crippen MR) is 121 cm³/mol. The van der Waals surface area contributed by atoms with E-state index < -0.39 is 0 Å². The summed E-state index contributed by atoms with van der Waals surface area (Å²) in [5.41, 5.74) is 1.93. The largest absolute Gasteiger partial charge is 0.485 e. The fourth-order valence-electron chi connectivity index (χ4n) is 4.38. The average Bonchev–Trinajstić information content (AvgIpc) is 2.71. The van der Waals surface area contributed by atoms with E-state index >= 15 is 0 Å². The van der Waals surface area contributed by atoms with Crippen molar-refractivity contribution in [3.05, 3.63) is 76.1 Å². The van der Waals surface area contributed by atoms with Crippen molar-refractivity contribution in [1.29, 1.82) is 0 Å². The van der Waals surface area contributed by atoms with Gasteiger partial charge < -0.3 is 14.1 Å². The van der Waals surface area contributed by atoms with Crippen molar-refractivity contribution >= 4 is 11.0 Å². The zero-order valence-corrected chi connectivity index (χ0v) is 18.4. The highest BCUT2D eigenvalue weighted by atomic mass is 16.5. The standard InChI is InChI=1S/C26H31NO3/c1-26(2,3)22-16-20-15-21(12-13-23(20)30-25(22)28)29-24(18-9-6-5-7-10-18)19-11-8-14-27(4)17-19/h5-7,9-10,12-13,15-16,19,24H,8,11,14,17H2,1-4H3. The third kappa shape index (κ3) is 4.44. The Kier molecular flexibility index (Phi) is 5.70. The van der Waals surface area contributed by atoms with Crippen LogP contribution in [0.1, 0.15) is 50.8 Å². The van der Waals surface area contributed by atoms with Gasteiger partial charge in [-0.1, -0.05) is 51.1 Å². The molecule has 0 amide bonds. The molecule has 4 rings (SSSR count). The minimum Gasteiger partial charge on any atom is -0.485 e. The molecular weight excluding hydrogens is 374 g/mol. The summed E-state index contributed by atoms with van der Waals surface area (Å²) in [6, 6.07) is 18.2. The predicted octanol–water partition coefficient (Wildman–Crippen LogP) is 5.55. The lowest BCUT2D eigenvalue weighted by Crippen LogP contribution is -2.36. The second-order valence-corrected chi connectivity index (χ2v) is 9.51. The summed E-state index contributed by atoms with van der Waals surface area (Å²) < 4.78 is 12.2. The van der Waals surface area contributed by atoms with E-state index in [1.54, 1.807) is 0 Å². The van der Waals surface area contributed by atoms with E-state index in [4.69, 9.17) is 9.15 Å². The van der Waals surface area contributed by atoms with E-state index in [-0.39, 0.29) is 17.1 Å². The number of nitrogens with zero attached hydrogens (tertiary/aromatic N) is 1. The number of fused-ring (bicyclic) bond motifs is 1. The first-order chi connectivity index (χ1) is 14.3. The van der Waals surface area contributed by atoms with Gasteiger partial charge in [-0.3, -0.25) is 0 Å². The Hall–Kier alpha value is -2.59. The molecule has 1 fully saturated rings. The Labute approximate surface area is 178 Å². The lowest BCUT2D eigenvalue weighted by Gasteiger charge is -2.35. The highest BCUT2D eigenvalue weighted by molar-refractivity contribution is 5.79. The Morgan fingerprint density at radius 1 is 1.10 bits per heavy atom. The molecule has 0 bridgehead atoms. The third-order valence-corrected chi connectivity index (χ3v) is 5.99. The van der Waals surface area contributed by atoms with Gasteiger partial charge in [0.15, 0.2) is 0 Å². The Bertz CT molecular complexity index is 1070. The lowest BCUT2D eigenvalue weighted by molar-refractivity contribution is 0.0777. The number of ether oxygens (including phenoxy) is 1. The molecule has 3 aromatic rings. The zero-order chi connectivity index (χ0) is 21.3. The molecule has 1 aliphatic heterocycles. The number of piperidine rings is 1. The number of likely N-dealkylation sites (tertiary alicyclic amines) is 1. The molecule has 0 N–H and O–H groups in total. The van der Waals surface area contributed by atoms with Crippen LogP contribution in [0.4, 0.5) is 0 Å². The van der Waals surface area contributed by atoms with Crippen LogP contribution in [0.2, 0.25) is 0 Å². The van der Waals surface area contributed by atoms with Gasteiger partial charge in [-0.2, -0.15) is 0 Å². The summed E-state index contributed by atoms with van der Waals surface area (Å²) >= 11 is 0. The van der Waals surface area contributed by atoms with Gasteiger partial charge in [-0.05, 0) is 61.7 Å². The minimum atomic E-state index is -0.273. The topological polar surface area (TPSA) is 42.7 Å². The van der Waals surface area contributed by atoms with Gasteiger partial charge in [0.05, 0.1) is 0 Å². The molecule has 2 heterocycles. The fourth-order valence-corrected chi connectivity index (χ4v) is 4.38. The summed E-state index contributed by atoms with van der Waals surface area (Å²) in [4.78, 5) is 14.7. The second kappa shape index (κ2) is 8.27. The monoisotopic (exact) mass is 405 g/mol. The maximum absolute atomic E-state index is 12.4. The molecule has 0 radical (unpaired) electrons. The van der Waals surface area contributed by atoms with Crippen molar-refractivity contribution in [3.8, 4) is 5.75 Å². The molecule has 4 nitrogen and oxygen atoms in total. The van der Waals surface area contributed by atoms with Gasteiger partial charge in [-0.25, -0.2) is 4.79 Å². The number of hydrogen-bond donors (Lipinski definition) is 0. The molecule has 0 aliphatic carbocycles. The van der Waals surface area contributed by atoms with Crippen LogP contribution >= 0.6 is 0 Å². The van der Waals surface area contributed by atoms with Gasteiger partial charge >= 0.3 is 5.63 Å². The maximum atomic E-state index is 12.4. The summed E-state index contributed by atoms with van der Waals surface area (Å²) in [5.74, 6) is 1.24. The molecular formula is C26H31NO3. The molecule has 2 aromatic carbocycles. The molecule has 1 aromatic heterocycles. The fraction of sp³-hybridized carbons (Fsp3) is 0.423. The van der Waals surface area contributed by atoms with Crippen LogP contribution in [0.5, 0.6) is 5.75 Å². The van der Waals surface area contributed by atoms with Crippen LogP contribution in [0.3, 0.4) is 0 Å². The SMILES string of the molecule is CN1CCCC(C(Oc2ccc3oc(=O)c(C(C)(C)C)cc3c2)c2ccccc2)C1. The van der Waals surface area contributed by atoms with Crippen molar-refractivity contribution in [1.82, 2.24) is 4.90 Å². The highest BCUT2D eigenvalue weighted by Crippen LogP contribution is 2.35. The van der Waals surface area contributed by atoms with Gasteiger partial charge in [0.2, 0.25) is 0 Å². The van der Waals surface area contributed by atoms with Crippen molar-refractivity contribution in [2.45, 2.75) is 45.1 Å². The van der Waals surface area contributed by atoms with E-state index in [9.17, 15) is 4.79 Å². The first-order valence-electron chi connectivity index (χ1n) is 10.8. The molecule has 4 heteroatoms. The van der Waals surface area contributed by atoms with Crippen LogP contribution in [-0.4, -0.2) is 25.0 Å². The molecule has 0 spiro atoms. The quantitative estimate of drug-likeness (QED) is 0.534. The van der Waals surface area contributed by atoms with Gasteiger partial charge in [0, 0.05) is 23.4 Å². The number of hydrogen-bond acceptors (Lipinski definition) is 4. The molecule has 2 unspecified atom stereocenters. The van der Waals surface area contributed by atoms with Crippen LogP contribution in [-0.2, 0) is 5.41 Å². The van der Waals surface area contributed by atoms with E-state index in [1.165, 1.54) is 12.0 Å². The average molecular weight is 406 g/mol. The Balaban J connectivity index is 1.70. The smallest absolute Gasteiger partial charge is 0.339 e. The first-order valence-corrected chi connectivity index (χ1v) is 10.8. The van der Waals surface area contributed by atoms with Crippen LogP contribution in [0.25, 0.3) is 11.0 Å². The summed E-state index contributed by atoms with van der Waals surface area (Å²) in [6.07, 6.45) is 2.33. The minimum absolute atomic E-state index is 0.00999. The van der Waals surface area contributed by atoms with Crippen molar-refractivity contribution in [2.75, 3.05) is 20.1 Å². The second-order valence-electron chi connectivity index (χ2n) is 9.51. The van der Waals surface area contributed by atoms with Crippen LogP contribution in [0, 0.1) is 5.92 Å². The van der Waals surface area contributed by atoms with Crippen LogP contribution < -0.4 is 10.4 Å². The van der Waals surface area contributed by atoms with Gasteiger partial charge in [0.1, 0.15) is 17.4 Å². The lowest BCUT2D eigenvalue weighted by atomic mass is 9.87.